The zero-order valence-corrected chi connectivity index (χ0v) is 14.4. The minimum atomic E-state index is -0.883. The smallest absolute Gasteiger partial charge is 0.314 e. The topological polar surface area (TPSA) is 55.4 Å². The van der Waals surface area contributed by atoms with Gasteiger partial charge in [0.05, 0.1) is 5.92 Å². The van der Waals surface area contributed by atoms with Crippen molar-refractivity contribution in [2.45, 2.75) is 32.3 Å². The van der Waals surface area contributed by atoms with Crippen LogP contribution in [0.3, 0.4) is 0 Å². The lowest BCUT2D eigenvalue weighted by atomic mass is 9.97. The van der Waals surface area contributed by atoms with Crippen molar-refractivity contribution in [3.05, 3.63) is 65.2 Å². The van der Waals surface area contributed by atoms with Gasteiger partial charge in [-0.15, -0.1) is 0 Å². The molecular weight excluding hydrogens is 326 g/mol. The van der Waals surface area contributed by atoms with Crippen molar-refractivity contribution < 1.29 is 14.3 Å². The summed E-state index contributed by atoms with van der Waals surface area (Å²) in [4.78, 5) is 24.5. The van der Waals surface area contributed by atoms with Crippen molar-refractivity contribution in [2.24, 2.45) is 0 Å². The van der Waals surface area contributed by atoms with E-state index in [1.165, 1.54) is 0 Å². The Bertz CT molecular complexity index is 686. The number of amides is 1. The molecule has 0 saturated carbocycles. The number of halogens is 1. The predicted molar refractivity (Wildman–Crippen MR) is 95.1 cm³/mol. The van der Waals surface area contributed by atoms with Crippen molar-refractivity contribution >= 4 is 29.2 Å². The summed E-state index contributed by atoms with van der Waals surface area (Å²) in [6.45, 7) is 3.47. The lowest BCUT2D eigenvalue weighted by Crippen LogP contribution is -2.31. The van der Waals surface area contributed by atoms with E-state index in [1.54, 1.807) is 31.2 Å². The number of anilines is 1. The van der Waals surface area contributed by atoms with Gasteiger partial charge in [-0.05, 0) is 43.2 Å². The third-order valence-corrected chi connectivity index (χ3v) is 3.92. The van der Waals surface area contributed by atoms with E-state index in [9.17, 15) is 9.59 Å². The van der Waals surface area contributed by atoms with Crippen LogP contribution in [0.1, 0.15) is 31.7 Å². The normalized spacial score (nSPS) is 13.0. The first-order valence-corrected chi connectivity index (χ1v) is 8.21. The van der Waals surface area contributed by atoms with E-state index in [0.717, 1.165) is 5.56 Å². The second kappa shape index (κ2) is 8.50. The van der Waals surface area contributed by atoms with E-state index >= 15 is 0 Å². The molecule has 2 aromatic rings. The Morgan fingerprint density at radius 2 is 1.71 bits per heavy atom. The molecule has 24 heavy (non-hydrogen) atoms. The molecule has 1 N–H and O–H groups in total. The van der Waals surface area contributed by atoms with E-state index in [-0.39, 0.29) is 11.8 Å². The van der Waals surface area contributed by atoms with Crippen molar-refractivity contribution in [1.82, 2.24) is 0 Å². The fraction of sp³-hybridized carbons (Fsp3) is 0.263. The van der Waals surface area contributed by atoms with Crippen LogP contribution >= 0.6 is 11.6 Å². The molecule has 0 spiro atoms. The summed E-state index contributed by atoms with van der Waals surface area (Å²) < 4.78 is 5.34. The zero-order valence-electron chi connectivity index (χ0n) is 13.7. The predicted octanol–water partition coefficient (Wildman–Crippen LogP) is 4.40. The number of rotatable bonds is 6. The van der Waals surface area contributed by atoms with Crippen molar-refractivity contribution in [3.8, 4) is 0 Å². The molecular formula is C19H20ClNO3. The van der Waals surface area contributed by atoms with Crippen LogP contribution in [0.25, 0.3) is 0 Å². The van der Waals surface area contributed by atoms with E-state index in [4.69, 9.17) is 16.3 Å². The molecule has 0 heterocycles. The van der Waals surface area contributed by atoms with Gasteiger partial charge in [0.15, 0.2) is 6.10 Å². The van der Waals surface area contributed by atoms with Crippen molar-refractivity contribution in [2.75, 3.05) is 5.32 Å². The highest BCUT2D eigenvalue weighted by Crippen LogP contribution is 2.21. The third kappa shape index (κ3) is 4.83. The average molecular weight is 346 g/mol. The average Bonchev–Trinajstić information content (AvgIpc) is 2.58. The number of hydrogen-bond donors (Lipinski definition) is 1. The summed E-state index contributed by atoms with van der Waals surface area (Å²) in [7, 11) is 0. The highest BCUT2D eigenvalue weighted by atomic mass is 35.5. The number of esters is 1. The monoisotopic (exact) mass is 345 g/mol. The van der Waals surface area contributed by atoms with Crippen LogP contribution in [0.4, 0.5) is 5.69 Å². The second-order valence-electron chi connectivity index (χ2n) is 5.45. The summed E-state index contributed by atoms with van der Waals surface area (Å²) in [5.41, 5.74) is 1.48. The van der Waals surface area contributed by atoms with Gasteiger partial charge in [-0.2, -0.15) is 0 Å². The molecule has 2 aromatic carbocycles. The SMILES string of the molecule is CCC(C(=O)OC(C)C(=O)Nc1ccc(Cl)cc1)c1ccccc1. The molecule has 0 aromatic heterocycles. The third-order valence-electron chi connectivity index (χ3n) is 3.67. The molecule has 0 aliphatic carbocycles. The van der Waals surface area contributed by atoms with E-state index in [2.05, 4.69) is 5.32 Å². The lowest BCUT2D eigenvalue weighted by molar-refractivity contribution is -0.154. The maximum absolute atomic E-state index is 12.4. The van der Waals surface area contributed by atoms with Gasteiger partial charge in [0.25, 0.3) is 5.91 Å². The largest absolute Gasteiger partial charge is 0.452 e. The number of ether oxygens (including phenoxy) is 1. The zero-order chi connectivity index (χ0) is 17.5. The Morgan fingerprint density at radius 1 is 1.08 bits per heavy atom. The maximum atomic E-state index is 12.4. The van der Waals surface area contributed by atoms with Crippen LogP contribution in [0, 0.1) is 0 Å². The van der Waals surface area contributed by atoms with Crippen LogP contribution < -0.4 is 5.32 Å². The van der Waals surface area contributed by atoms with Crippen molar-refractivity contribution in [3.63, 3.8) is 0 Å². The molecule has 0 bridgehead atoms. The molecule has 2 unspecified atom stereocenters. The van der Waals surface area contributed by atoms with Crippen LogP contribution in [0.5, 0.6) is 0 Å². The number of carbonyl (C=O) groups is 2. The molecule has 0 aliphatic heterocycles. The van der Waals surface area contributed by atoms with Crippen LogP contribution in [-0.2, 0) is 14.3 Å². The summed E-state index contributed by atoms with van der Waals surface area (Å²) >= 11 is 5.81. The van der Waals surface area contributed by atoms with E-state index in [1.807, 2.05) is 37.3 Å². The van der Waals surface area contributed by atoms with E-state index < -0.39 is 12.1 Å². The minimum Gasteiger partial charge on any atom is -0.452 e. The number of nitrogens with one attached hydrogen (secondary N) is 1. The Balaban J connectivity index is 1.97. The number of hydrogen-bond acceptors (Lipinski definition) is 3. The van der Waals surface area contributed by atoms with Gasteiger partial charge in [-0.25, -0.2) is 0 Å². The van der Waals surface area contributed by atoms with Gasteiger partial charge < -0.3 is 10.1 Å². The first-order chi connectivity index (χ1) is 11.5. The minimum absolute atomic E-state index is 0.378. The number of benzene rings is 2. The molecule has 0 saturated heterocycles. The van der Waals surface area contributed by atoms with Gasteiger partial charge in [0, 0.05) is 10.7 Å². The molecule has 0 fully saturated rings. The molecule has 4 nitrogen and oxygen atoms in total. The number of carbonyl (C=O) groups excluding carboxylic acids is 2. The summed E-state index contributed by atoms with van der Waals surface area (Å²) in [5, 5.41) is 3.28. The second-order valence-corrected chi connectivity index (χ2v) is 5.88. The van der Waals surface area contributed by atoms with Gasteiger partial charge >= 0.3 is 5.97 Å². The molecule has 1 amide bonds. The first-order valence-electron chi connectivity index (χ1n) is 7.83. The highest BCUT2D eigenvalue weighted by Gasteiger charge is 2.25. The van der Waals surface area contributed by atoms with Gasteiger partial charge in [-0.3, -0.25) is 9.59 Å². The van der Waals surface area contributed by atoms with Crippen LogP contribution in [-0.4, -0.2) is 18.0 Å². The highest BCUT2D eigenvalue weighted by molar-refractivity contribution is 6.30. The fourth-order valence-electron chi connectivity index (χ4n) is 2.31. The van der Waals surface area contributed by atoms with Crippen molar-refractivity contribution in [1.29, 1.82) is 0 Å². The Hall–Kier alpha value is -2.33. The summed E-state index contributed by atoms with van der Waals surface area (Å²) in [6, 6.07) is 16.1. The van der Waals surface area contributed by atoms with Gasteiger partial charge in [0.1, 0.15) is 0 Å². The fourth-order valence-corrected chi connectivity index (χ4v) is 2.44. The summed E-state index contributed by atoms with van der Waals surface area (Å²) in [5.74, 6) is -1.16. The Kier molecular flexibility index (Phi) is 6.38. The molecule has 0 aliphatic rings. The lowest BCUT2D eigenvalue weighted by Gasteiger charge is -2.18. The first kappa shape index (κ1) is 18.0. The summed E-state index contributed by atoms with van der Waals surface area (Å²) in [6.07, 6.45) is -0.278. The van der Waals surface area contributed by atoms with E-state index in [0.29, 0.717) is 17.1 Å². The van der Waals surface area contributed by atoms with Crippen LogP contribution in [0.2, 0.25) is 5.02 Å². The molecule has 2 rings (SSSR count). The molecule has 2 atom stereocenters. The molecule has 126 valence electrons. The quantitative estimate of drug-likeness (QED) is 0.789. The Labute approximate surface area is 146 Å². The molecule has 0 radical (unpaired) electrons. The van der Waals surface area contributed by atoms with Crippen LogP contribution in [0.15, 0.2) is 54.6 Å². The molecule has 5 heteroatoms. The standard InChI is InChI=1S/C19H20ClNO3/c1-3-17(14-7-5-4-6-8-14)19(23)24-13(2)18(22)21-16-11-9-15(20)10-12-16/h4-13,17H,3H2,1-2H3,(H,21,22). The Morgan fingerprint density at radius 3 is 2.29 bits per heavy atom. The van der Waals surface area contributed by atoms with Gasteiger partial charge in [-0.1, -0.05) is 48.9 Å². The maximum Gasteiger partial charge on any atom is 0.314 e. The van der Waals surface area contributed by atoms with Gasteiger partial charge in [0.2, 0.25) is 0 Å².